The molecule has 0 saturated carbocycles. The van der Waals surface area contributed by atoms with E-state index in [1.165, 1.54) is 45.5 Å². The van der Waals surface area contributed by atoms with Gasteiger partial charge < -0.3 is 5.11 Å². The van der Waals surface area contributed by atoms with E-state index in [4.69, 9.17) is 0 Å². The number of nitrogens with zero attached hydrogens (tertiary/aromatic N) is 4. The van der Waals surface area contributed by atoms with Crippen molar-refractivity contribution in [1.29, 1.82) is 0 Å². The highest BCUT2D eigenvalue weighted by molar-refractivity contribution is 6.02. The van der Waals surface area contributed by atoms with E-state index in [2.05, 4.69) is 15.5 Å². The van der Waals surface area contributed by atoms with Crippen molar-refractivity contribution < 1.29 is 9.90 Å². The molecule has 1 amide bonds. The molecule has 2 N–H and O–H groups in total. The Labute approximate surface area is 130 Å². The van der Waals surface area contributed by atoms with Gasteiger partial charge in [-0.15, -0.1) is 0 Å². The molecule has 0 aliphatic carbocycles. The fraction of sp³-hybridized carbons (Fsp3) is 0.214. The molecule has 9 nitrogen and oxygen atoms in total. The summed E-state index contributed by atoms with van der Waals surface area (Å²) in [6.07, 6.45) is 2.92. The molecule has 0 aromatic carbocycles. The van der Waals surface area contributed by atoms with E-state index in [-0.39, 0.29) is 11.3 Å². The summed E-state index contributed by atoms with van der Waals surface area (Å²) in [5, 5.41) is 13.8. The Morgan fingerprint density at radius 1 is 1.22 bits per heavy atom. The van der Waals surface area contributed by atoms with Crippen molar-refractivity contribution in [3.63, 3.8) is 0 Å². The minimum absolute atomic E-state index is 0.0705. The molecule has 0 radical (unpaired) electrons. The van der Waals surface area contributed by atoms with Gasteiger partial charge in [-0.3, -0.25) is 23.7 Å². The van der Waals surface area contributed by atoms with E-state index in [9.17, 15) is 19.5 Å². The lowest BCUT2D eigenvalue weighted by atomic mass is 10.2. The lowest BCUT2D eigenvalue weighted by molar-refractivity contribution is 0.0954. The van der Waals surface area contributed by atoms with Crippen LogP contribution in [0.4, 0.5) is 0 Å². The molecule has 2 aromatic heterocycles. The van der Waals surface area contributed by atoms with Gasteiger partial charge in [0.05, 0.1) is 5.71 Å². The molecular formula is C14H15N5O4. The second kappa shape index (κ2) is 6.26. The molecule has 2 aromatic rings. The van der Waals surface area contributed by atoms with E-state index in [0.29, 0.717) is 5.56 Å². The Bertz CT molecular complexity index is 896. The quantitative estimate of drug-likeness (QED) is 0.575. The van der Waals surface area contributed by atoms with Crippen LogP contribution in [-0.2, 0) is 14.1 Å². The molecule has 2 rings (SSSR count). The first-order valence-electron chi connectivity index (χ1n) is 6.58. The molecule has 9 heteroatoms. The number of aromatic nitrogens is 3. The van der Waals surface area contributed by atoms with Gasteiger partial charge >= 0.3 is 5.69 Å². The molecule has 0 aliphatic rings. The minimum Gasteiger partial charge on any atom is -0.494 e. The standard InChI is InChI=1S/C14H15N5O4/c1-8(16-17-11(20)9-4-6-15-7-5-9)10-12(21)18(2)14(23)19(3)13(10)22/h4-7,21H,1-3H3,(H,17,20)/b16-8+. The highest BCUT2D eigenvalue weighted by Gasteiger charge is 2.17. The summed E-state index contributed by atoms with van der Waals surface area (Å²) < 4.78 is 1.76. The van der Waals surface area contributed by atoms with E-state index in [1.54, 1.807) is 0 Å². The zero-order chi connectivity index (χ0) is 17.1. The summed E-state index contributed by atoms with van der Waals surface area (Å²) in [7, 11) is 2.61. The Hall–Kier alpha value is -3.23. The van der Waals surface area contributed by atoms with Gasteiger partial charge in [0.1, 0.15) is 5.56 Å². The first-order chi connectivity index (χ1) is 10.8. The Morgan fingerprint density at radius 3 is 2.43 bits per heavy atom. The first kappa shape index (κ1) is 16.1. The van der Waals surface area contributed by atoms with Gasteiger partial charge in [-0.25, -0.2) is 10.2 Å². The maximum atomic E-state index is 12.1. The van der Waals surface area contributed by atoms with Gasteiger partial charge in [-0.2, -0.15) is 5.10 Å². The maximum absolute atomic E-state index is 12.1. The van der Waals surface area contributed by atoms with E-state index in [0.717, 1.165) is 9.13 Å². The first-order valence-corrected chi connectivity index (χ1v) is 6.58. The van der Waals surface area contributed by atoms with Crippen LogP contribution in [0.1, 0.15) is 22.8 Å². The average Bonchev–Trinajstić information content (AvgIpc) is 2.57. The molecular weight excluding hydrogens is 302 g/mol. The summed E-state index contributed by atoms with van der Waals surface area (Å²) in [6, 6.07) is 3.01. The molecule has 0 unspecified atom stereocenters. The van der Waals surface area contributed by atoms with Gasteiger partial charge in [0, 0.05) is 32.1 Å². The van der Waals surface area contributed by atoms with Gasteiger partial charge in [0.25, 0.3) is 11.5 Å². The van der Waals surface area contributed by atoms with Crippen molar-refractivity contribution in [3.8, 4) is 5.88 Å². The third kappa shape index (κ3) is 3.03. The largest absolute Gasteiger partial charge is 0.494 e. The lowest BCUT2D eigenvalue weighted by Gasteiger charge is -2.10. The van der Waals surface area contributed by atoms with Gasteiger partial charge in [-0.05, 0) is 19.1 Å². The summed E-state index contributed by atoms with van der Waals surface area (Å²) in [5.74, 6) is -1.01. The third-order valence-electron chi connectivity index (χ3n) is 3.26. The molecule has 0 fully saturated rings. The van der Waals surface area contributed by atoms with Crippen LogP contribution in [0.15, 0.2) is 39.2 Å². The van der Waals surface area contributed by atoms with Gasteiger partial charge in [-0.1, -0.05) is 0 Å². The average molecular weight is 317 g/mol. The van der Waals surface area contributed by atoms with Gasteiger partial charge in [0.15, 0.2) is 0 Å². The van der Waals surface area contributed by atoms with E-state index >= 15 is 0 Å². The summed E-state index contributed by atoms with van der Waals surface area (Å²) in [6.45, 7) is 1.44. The van der Waals surface area contributed by atoms with Crippen LogP contribution in [0.2, 0.25) is 0 Å². The second-order valence-corrected chi connectivity index (χ2v) is 4.78. The topological polar surface area (TPSA) is 119 Å². The number of amides is 1. The number of carbonyl (C=O) groups is 1. The highest BCUT2D eigenvalue weighted by atomic mass is 16.3. The molecule has 0 aliphatic heterocycles. The number of hydrogen-bond acceptors (Lipinski definition) is 6. The van der Waals surface area contributed by atoms with Gasteiger partial charge in [0.2, 0.25) is 5.88 Å². The van der Waals surface area contributed by atoms with Crippen LogP contribution in [0.3, 0.4) is 0 Å². The predicted octanol–water partition coefficient (Wildman–Crippen LogP) is -0.661. The second-order valence-electron chi connectivity index (χ2n) is 4.78. The van der Waals surface area contributed by atoms with Crippen molar-refractivity contribution in [2.24, 2.45) is 19.2 Å². The smallest absolute Gasteiger partial charge is 0.333 e. The minimum atomic E-state index is -0.704. The number of nitrogens with one attached hydrogen (secondary N) is 1. The number of pyridine rings is 1. The zero-order valence-electron chi connectivity index (χ0n) is 12.8. The number of aromatic hydroxyl groups is 1. The summed E-state index contributed by atoms with van der Waals surface area (Å²) in [4.78, 5) is 39.5. The van der Waals surface area contributed by atoms with Crippen molar-refractivity contribution in [3.05, 3.63) is 56.5 Å². The van der Waals surface area contributed by atoms with Crippen LogP contribution < -0.4 is 16.7 Å². The van der Waals surface area contributed by atoms with Crippen LogP contribution in [0.5, 0.6) is 5.88 Å². The molecule has 0 bridgehead atoms. The van der Waals surface area contributed by atoms with Crippen molar-refractivity contribution in [1.82, 2.24) is 19.5 Å². The number of rotatable bonds is 3. The zero-order valence-corrected chi connectivity index (χ0v) is 12.8. The van der Waals surface area contributed by atoms with E-state index in [1.807, 2.05) is 0 Å². The molecule has 2 heterocycles. The van der Waals surface area contributed by atoms with Crippen molar-refractivity contribution in [2.45, 2.75) is 6.92 Å². The fourth-order valence-corrected chi connectivity index (χ4v) is 1.91. The van der Waals surface area contributed by atoms with E-state index < -0.39 is 23.0 Å². The fourth-order valence-electron chi connectivity index (χ4n) is 1.91. The van der Waals surface area contributed by atoms with Crippen LogP contribution in [0.25, 0.3) is 0 Å². The highest BCUT2D eigenvalue weighted by Crippen LogP contribution is 2.09. The monoisotopic (exact) mass is 317 g/mol. The predicted molar refractivity (Wildman–Crippen MR) is 82.5 cm³/mol. The normalized spacial score (nSPS) is 11.3. The number of hydrogen-bond donors (Lipinski definition) is 2. The third-order valence-corrected chi connectivity index (χ3v) is 3.26. The summed E-state index contributed by atoms with van der Waals surface area (Å²) >= 11 is 0. The van der Waals surface area contributed by atoms with Crippen LogP contribution in [0, 0.1) is 0 Å². The van der Waals surface area contributed by atoms with Crippen LogP contribution in [-0.4, -0.2) is 30.8 Å². The van der Waals surface area contributed by atoms with Crippen molar-refractivity contribution in [2.75, 3.05) is 0 Å². The van der Waals surface area contributed by atoms with Crippen molar-refractivity contribution >= 4 is 11.6 Å². The molecule has 0 atom stereocenters. The molecule has 0 saturated heterocycles. The number of carbonyl (C=O) groups excluding carboxylic acids is 1. The maximum Gasteiger partial charge on any atom is 0.333 e. The molecule has 120 valence electrons. The van der Waals surface area contributed by atoms with Crippen LogP contribution >= 0.6 is 0 Å². The Morgan fingerprint density at radius 2 is 1.83 bits per heavy atom. The summed E-state index contributed by atoms with van der Waals surface area (Å²) in [5.41, 5.74) is 1.16. The lowest BCUT2D eigenvalue weighted by Crippen LogP contribution is -2.40. The SMILES string of the molecule is C/C(=N\NC(=O)c1ccncc1)c1c(O)n(C)c(=O)n(C)c1=O. The molecule has 23 heavy (non-hydrogen) atoms. The Kier molecular flexibility index (Phi) is 4.39. The Balaban J connectivity index is 2.38. The molecule has 0 spiro atoms. The number of hydrazone groups is 1.